The maximum absolute atomic E-state index is 12.1. The Morgan fingerprint density at radius 3 is 2.71 bits per heavy atom. The molecule has 0 fully saturated rings. The van der Waals surface area contributed by atoms with Gasteiger partial charge in [0, 0.05) is 23.5 Å². The second-order valence-corrected chi connectivity index (χ2v) is 5.12. The first-order chi connectivity index (χ1) is 10.2. The number of carbonyl (C=O) groups excluding carboxylic acids is 2. The van der Waals surface area contributed by atoms with Crippen LogP contribution in [0.2, 0.25) is 0 Å². The van der Waals surface area contributed by atoms with Gasteiger partial charge in [0.25, 0.3) is 5.91 Å². The zero-order chi connectivity index (χ0) is 14.8. The number of thiazole rings is 1. The number of hydrogen-bond acceptors (Lipinski definition) is 5. The fraction of sp³-hybridized carbons (Fsp3) is 0.0714. The second-order valence-electron chi connectivity index (χ2n) is 4.24. The van der Waals surface area contributed by atoms with Gasteiger partial charge in [-0.05, 0) is 24.3 Å². The van der Waals surface area contributed by atoms with Crippen LogP contribution in [0.3, 0.4) is 0 Å². The number of carbonyl (C=O) groups is 2. The standard InChI is InChI=1S/C14H11N3O3S/c1-20-13(19)9-2-4-10(5-3-9)15-12(18)11-8-17-6-7-21-14(17)16-11/h2-8H,1H3,(H,15,18). The lowest BCUT2D eigenvalue weighted by atomic mass is 10.2. The van der Waals surface area contributed by atoms with E-state index in [0.29, 0.717) is 16.9 Å². The number of hydrogen-bond donors (Lipinski definition) is 1. The Bertz CT molecular complexity index is 776. The number of methoxy groups -OCH3 is 1. The van der Waals surface area contributed by atoms with E-state index in [1.807, 2.05) is 11.6 Å². The molecule has 2 aromatic heterocycles. The lowest BCUT2D eigenvalue weighted by molar-refractivity contribution is 0.0600. The molecule has 3 rings (SSSR count). The van der Waals surface area contributed by atoms with Crippen molar-refractivity contribution in [2.45, 2.75) is 0 Å². The second kappa shape index (κ2) is 5.37. The molecule has 0 saturated carbocycles. The predicted molar refractivity (Wildman–Crippen MR) is 78.8 cm³/mol. The molecule has 1 N–H and O–H groups in total. The Morgan fingerprint density at radius 2 is 2.05 bits per heavy atom. The van der Waals surface area contributed by atoms with Gasteiger partial charge >= 0.3 is 5.97 Å². The Labute approximate surface area is 124 Å². The molecule has 0 aliphatic carbocycles. The van der Waals surface area contributed by atoms with E-state index in [9.17, 15) is 9.59 Å². The highest BCUT2D eigenvalue weighted by Crippen LogP contribution is 2.14. The van der Waals surface area contributed by atoms with Crippen molar-refractivity contribution in [3.8, 4) is 0 Å². The van der Waals surface area contributed by atoms with Crippen LogP contribution >= 0.6 is 11.3 Å². The topological polar surface area (TPSA) is 72.7 Å². The van der Waals surface area contributed by atoms with E-state index < -0.39 is 5.97 Å². The van der Waals surface area contributed by atoms with Gasteiger partial charge in [-0.15, -0.1) is 11.3 Å². The van der Waals surface area contributed by atoms with Crippen molar-refractivity contribution in [1.29, 1.82) is 0 Å². The lowest BCUT2D eigenvalue weighted by Crippen LogP contribution is -2.12. The molecule has 106 valence electrons. The van der Waals surface area contributed by atoms with E-state index in [-0.39, 0.29) is 5.91 Å². The van der Waals surface area contributed by atoms with Gasteiger partial charge in [0.05, 0.1) is 12.7 Å². The minimum Gasteiger partial charge on any atom is -0.465 e. The summed E-state index contributed by atoms with van der Waals surface area (Å²) >= 11 is 1.46. The third-order valence-corrected chi connectivity index (χ3v) is 3.66. The molecule has 0 radical (unpaired) electrons. The minimum absolute atomic E-state index is 0.295. The zero-order valence-electron chi connectivity index (χ0n) is 11.1. The van der Waals surface area contributed by atoms with Gasteiger partial charge in [-0.1, -0.05) is 0 Å². The fourth-order valence-electron chi connectivity index (χ4n) is 1.84. The SMILES string of the molecule is COC(=O)c1ccc(NC(=O)c2cn3ccsc3n2)cc1. The number of anilines is 1. The summed E-state index contributed by atoms with van der Waals surface area (Å²) in [5, 5.41) is 4.63. The Balaban J connectivity index is 1.75. The number of imidazole rings is 1. The maximum Gasteiger partial charge on any atom is 0.337 e. The predicted octanol–water partition coefficient (Wildman–Crippen LogP) is 2.43. The van der Waals surface area contributed by atoms with Crippen molar-refractivity contribution < 1.29 is 14.3 Å². The van der Waals surface area contributed by atoms with Crippen molar-refractivity contribution in [3.05, 3.63) is 53.3 Å². The molecular formula is C14H11N3O3S. The van der Waals surface area contributed by atoms with E-state index >= 15 is 0 Å². The van der Waals surface area contributed by atoms with Crippen LogP contribution in [0, 0.1) is 0 Å². The Kier molecular flexibility index (Phi) is 3.41. The number of amides is 1. The molecule has 6 nitrogen and oxygen atoms in total. The van der Waals surface area contributed by atoms with E-state index in [2.05, 4.69) is 15.0 Å². The number of aromatic nitrogens is 2. The van der Waals surface area contributed by atoms with Crippen LogP contribution in [0.1, 0.15) is 20.8 Å². The normalized spacial score (nSPS) is 10.5. The van der Waals surface area contributed by atoms with Gasteiger partial charge in [0.15, 0.2) is 4.96 Å². The molecule has 1 aromatic carbocycles. The van der Waals surface area contributed by atoms with E-state index in [1.54, 1.807) is 34.9 Å². The first kappa shape index (κ1) is 13.3. The fourth-order valence-corrected chi connectivity index (χ4v) is 2.54. The van der Waals surface area contributed by atoms with Crippen LogP contribution in [0.15, 0.2) is 42.0 Å². The average molecular weight is 301 g/mol. The Morgan fingerprint density at radius 1 is 1.29 bits per heavy atom. The number of ether oxygens (including phenoxy) is 1. The summed E-state index contributed by atoms with van der Waals surface area (Å²) < 4.78 is 6.41. The van der Waals surface area contributed by atoms with Gasteiger partial charge in [0.1, 0.15) is 5.69 Å². The first-order valence-electron chi connectivity index (χ1n) is 6.09. The number of rotatable bonds is 3. The van der Waals surface area contributed by atoms with Crippen molar-refractivity contribution in [2.24, 2.45) is 0 Å². The molecule has 0 aliphatic heterocycles. The van der Waals surface area contributed by atoms with Crippen molar-refractivity contribution >= 4 is 33.9 Å². The number of nitrogens with zero attached hydrogens (tertiary/aromatic N) is 2. The molecule has 3 aromatic rings. The van der Waals surface area contributed by atoms with Crippen LogP contribution in [-0.4, -0.2) is 28.4 Å². The lowest BCUT2D eigenvalue weighted by Gasteiger charge is -2.04. The highest BCUT2D eigenvalue weighted by molar-refractivity contribution is 7.15. The van der Waals surface area contributed by atoms with Crippen LogP contribution < -0.4 is 5.32 Å². The highest BCUT2D eigenvalue weighted by atomic mass is 32.1. The monoisotopic (exact) mass is 301 g/mol. The molecule has 0 unspecified atom stereocenters. The smallest absolute Gasteiger partial charge is 0.337 e. The molecule has 2 heterocycles. The quantitative estimate of drug-likeness (QED) is 0.754. The summed E-state index contributed by atoms with van der Waals surface area (Å²) in [4.78, 5) is 28.4. The number of benzene rings is 1. The van der Waals surface area contributed by atoms with Gasteiger partial charge in [-0.25, -0.2) is 9.78 Å². The molecule has 0 saturated heterocycles. The molecule has 1 amide bonds. The van der Waals surface area contributed by atoms with E-state index in [1.165, 1.54) is 18.4 Å². The summed E-state index contributed by atoms with van der Waals surface area (Å²) in [6.45, 7) is 0. The number of fused-ring (bicyclic) bond motifs is 1. The Hall–Kier alpha value is -2.67. The van der Waals surface area contributed by atoms with Crippen LogP contribution in [0.4, 0.5) is 5.69 Å². The summed E-state index contributed by atoms with van der Waals surface area (Å²) in [6.07, 6.45) is 3.51. The van der Waals surface area contributed by atoms with Gasteiger partial charge in [-0.2, -0.15) is 0 Å². The van der Waals surface area contributed by atoms with Gasteiger partial charge in [0.2, 0.25) is 0 Å². The van der Waals surface area contributed by atoms with Crippen LogP contribution in [0.25, 0.3) is 4.96 Å². The van der Waals surface area contributed by atoms with Crippen molar-refractivity contribution in [1.82, 2.24) is 9.38 Å². The zero-order valence-corrected chi connectivity index (χ0v) is 11.9. The maximum atomic E-state index is 12.1. The summed E-state index contributed by atoms with van der Waals surface area (Å²) in [7, 11) is 1.32. The van der Waals surface area contributed by atoms with Crippen LogP contribution in [-0.2, 0) is 4.74 Å². The summed E-state index contributed by atoms with van der Waals surface area (Å²) in [5.74, 6) is -0.709. The molecule has 7 heteroatoms. The molecule has 0 spiro atoms. The summed E-state index contributed by atoms with van der Waals surface area (Å²) in [5.41, 5.74) is 1.36. The molecule has 0 aliphatic rings. The van der Waals surface area contributed by atoms with Crippen LogP contribution in [0.5, 0.6) is 0 Å². The van der Waals surface area contributed by atoms with Crippen molar-refractivity contribution in [3.63, 3.8) is 0 Å². The summed E-state index contributed by atoms with van der Waals surface area (Å²) in [6, 6.07) is 6.46. The third-order valence-electron chi connectivity index (χ3n) is 2.89. The first-order valence-corrected chi connectivity index (χ1v) is 6.97. The number of esters is 1. The molecule has 0 bridgehead atoms. The van der Waals surface area contributed by atoms with E-state index in [4.69, 9.17) is 0 Å². The molecule has 21 heavy (non-hydrogen) atoms. The highest BCUT2D eigenvalue weighted by Gasteiger charge is 2.12. The molecule has 0 atom stereocenters. The minimum atomic E-state index is -0.415. The van der Waals surface area contributed by atoms with Gasteiger partial charge in [-0.3, -0.25) is 9.20 Å². The molecular weight excluding hydrogens is 290 g/mol. The average Bonchev–Trinajstić information content (AvgIpc) is 3.08. The van der Waals surface area contributed by atoms with Gasteiger partial charge < -0.3 is 10.1 Å². The third kappa shape index (κ3) is 2.63. The largest absolute Gasteiger partial charge is 0.465 e. The number of nitrogens with one attached hydrogen (secondary N) is 1. The van der Waals surface area contributed by atoms with Crippen molar-refractivity contribution in [2.75, 3.05) is 12.4 Å². The van der Waals surface area contributed by atoms with E-state index in [0.717, 1.165) is 4.96 Å².